The third kappa shape index (κ3) is 2.63. The van der Waals surface area contributed by atoms with E-state index < -0.39 is 0 Å². The molecule has 2 heteroatoms. The van der Waals surface area contributed by atoms with E-state index in [0.29, 0.717) is 0 Å². The second-order valence-electron chi connectivity index (χ2n) is 4.19. The summed E-state index contributed by atoms with van der Waals surface area (Å²) in [4.78, 5) is 0. The first-order valence-corrected chi connectivity index (χ1v) is 12.5. The van der Waals surface area contributed by atoms with Crippen molar-refractivity contribution in [3.8, 4) is 0 Å². The summed E-state index contributed by atoms with van der Waals surface area (Å²) < 4.78 is 1.72. The van der Waals surface area contributed by atoms with Crippen molar-refractivity contribution in [2.75, 3.05) is 0 Å². The van der Waals surface area contributed by atoms with Gasteiger partial charge >= 0.3 is 120 Å². The zero-order valence-electron chi connectivity index (χ0n) is 10.0. The van der Waals surface area contributed by atoms with Crippen LogP contribution in [0.5, 0.6) is 0 Å². The van der Waals surface area contributed by atoms with E-state index in [4.69, 9.17) is 0 Å². The zero-order chi connectivity index (χ0) is 12.2. The van der Waals surface area contributed by atoms with E-state index >= 15 is 0 Å². The van der Waals surface area contributed by atoms with E-state index in [1.54, 1.807) is 4.47 Å². The maximum absolute atomic E-state index is 2.25. The average Bonchev–Trinajstić information content (AvgIpc) is 2.95. The molecule has 0 saturated carbocycles. The van der Waals surface area contributed by atoms with Crippen LogP contribution in [0.2, 0.25) is 5.32 Å². The van der Waals surface area contributed by atoms with Gasteiger partial charge in [0, 0.05) is 0 Å². The van der Waals surface area contributed by atoms with Crippen LogP contribution in [0, 0.1) is 0 Å². The Morgan fingerprint density at radius 2 is 1.33 bits per heavy atom. The van der Waals surface area contributed by atoms with E-state index in [1.807, 2.05) is 0 Å². The first-order valence-electron chi connectivity index (χ1n) is 6.08. The molecule has 0 aliphatic carbocycles. The van der Waals surface area contributed by atoms with Gasteiger partial charge in [-0.1, -0.05) is 0 Å². The molecule has 0 radical (unpaired) electrons. The van der Waals surface area contributed by atoms with Crippen molar-refractivity contribution >= 4 is 31.8 Å². The third-order valence-corrected chi connectivity index (χ3v) is 10.6. The minimum absolute atomic E-state index is 0.758. The molecule has 1 aliphatic heterocycles. The van der Waals surface area contributed by atoms with E-state index in [2.05, 4.69) is 60.7 Å². The summed E-state index contributed by atoms with van der Waals surface area (Å²) in [5.74, 6) is 0. The van der Waals surface area contributed by atoms with Gasteiger partial charge in [0.25, 0.3) is 0 Å². The van der Waals surface area contributed by atoms with Crippen LogP contribution >= 0.6 is 0 Å². The Morgan fingerprint density at radius 1 is 0.778 bits per heavy atom. The Labute approximate surface area is 119 Å². The summed E-state index contributed by atoms with van der Waals surface area (Å²) in [5.41, 5.74) is 4.28. The SMILES string of the molecule is c1ccc(C(=C2CC[Se][Se]2)c2ccccc2)cc1. The van der Waals surface area contributed by atoms with Crippen LogP contribution in [-0.4, -0.2) is 26.3 Å². The first kappa shape index (κ1) is 12.3. The third-order valence-electron chi connectivity index (χ3n) is 2.98. The molecule has 2 aromatic carbocycles. The van der Waals surface area contributed by atoms with Gasteiger partial charge in [-0.3, -0.25) is 0 Å². The standard InChI is InChI=1S/C16H14Se2/c1-3-7-13(8-4-1)16(15-11-12-17-18-15)14-9-5-2-6-10-14/h1-10H,11-12H2. The van der Waals surface area contributed by atoms with Crippen LogP contribution in [0.15, 0.2) is 65.1 Å². The van der Waals surface area contributed by atoms with Gasteiger partial charge in [-0.05, 0) is 0 Å². The van der Waals surface area contributed by atoms with Crippen molar-refractivity contribution in [2.24, 2.45) is 0 Å². The molecule has 90 valence electrons. The van der Waals surface area contributed by atoms with Crippen LogP contribution in [0.4, 0.5) is 0 Å². The van der Waals surface area contributed by atoms with Crippen LogP contribution in [0.25, 0.3) is 5.57 Å². The molecule has 1 aliphatic rings. The molecule has 0 bridgehead atoms. The maximum atomic E-state index is 2.25. The van der Waals surface area contributed by atoms with Crippen molar-refractivity contribution in [2.45, 2.75) is 11.7 Å². The van der Waals surface area contributed by atoms with E-state index in [1.165, 1.54) is 28.4 Å². The summed E-state index contributed by atoms with van der Waals surface area (Å²) in [6, 6.07) is 21.8. The van der Waals surface area contributed by atoms with Gasteiger partial charge in [0.1, 0.15) is 0 Å². The molecule has 0 amide bonds. The fraction of sp³-hybridized carbons (Fsp3) is 0.125. The second-order valence-corrected chi connectivity index (χ2v) is 11.3. The summed E-state index contributed by atoms with van der Waals surface area (Å²) in [5, 5.41) is 1.44. The van der Waals surface area contributed by atoms with Gasteiger partial charge in [0.15, 0.2) is 0 Å². The van der Waals surface area contributed by atoms with Gasteiger partial charge in [0.05, 0.1) is 0 Å². The number of rotatable bonds is 2. The summed E-state index contributed by atoms with van der Waals surface area (Å²) in [6.07, 6.45) is 1.32. The van der Waals surface area contributed by atoms with Gasteiger partial charge < -0.3 is 0 Å². The zero-order valence-corrected chi connectivity index (χ0v) is 13.4. The second kappa shape index (κ2) is 5.91. The van der Waals surface area contributed by atoms with Crippen molar-refractivity contribution in [3.63, 3.8) is 0 Å². The summed E-state index contributed by atoms with van der Waals surface area (Å²) in [6.45, 7) is 0. The van der Waals surface area contributed by atoms with Crippen LogP contribution in [0.1, 0.15) is 17.5 Å². The molecule has 0 unspecified atom stereocenters. The Kier molecular flexibility index (Phi) is 4.02. The summed E-state index contributed by atoms with van der Waals surface area (Å²) in [7, 11) is 0. The molecule has 1 fully saturated rings. The Hall–Kier alpha value is -0.781. The van der Waals surface area contributed by atoms with E-state index in [9.17, 15) is 0 Å². The monoisotopic (exact) mass is 366 g/mol. The fourth-order valence-electron chi connectivity index (χ4n) is 2.15. The molecule has 0 N–H and O–H groups in total. The average molecular weight is 364 g/mol. The van der Waals surface area contributed by atoms with Gasteiger partial charge in [0.2, 0.25) is 0 Å². The first-order chi connectivity index (χ1) is 8.95. The quantitative estimate of drug-likeness (QED) is 0.715. The molecule has 0 aromatic heterocycles. The Balaban J connectivity index is 2.14. The van der Waals surface area contributed by atoms with Crippen LogP contribution in [0.3, 0.4) is 0 Å². The molecule has 1 saturated heterocycles. The summed E-state index contributed by atoms with van der Waals surface area (Å²) >= 11 is 1.64. The van der Waals surface area contributed by atoms with E-state index in [0.717, 1.165) is 26.3 Å². The number of benzene rings is 2. The Morgan fingerprint density at radius 3 is 1.78 bits per heavy atom. The predicted molar refractivity (Wildman–Crippen MR) is 79.8 cm³/mol. The molecule has 3 rings (SSSR count). The number of hydrogen-bond acceptors (Lipinski definition) is 0. The molecule has 0 spiro atoms. The van der Waals surface area contributed by atoms with Crippen molar-refractivity contribution in [3.05, 3.63) is 76.3 Å². The fourth-order valence-corrected chi connectivity index (χ4v) is 10.1. The predicted octanol–water partition coefficient (Wildman–Crippen LogP) is 3.59. The molecule has 18 heavy (non-hydrogen) atoms. The van der Waals surface area contributed by atoms with Crippen molar-refractivity contribution in [1.82, 2.24) is 0 Å². The Bertz CT molecular complexity index is 494. The van der Waals surface area contributed by atoms with Crippen LogP contribution in [-0.2, 0) is 0 Å². The molecule has 0 nitrogen and oxygen atoms in total. The molecular formula is C16H14Se2. The molecule has 1 heterocycles. The normalized spacial score (nSPS) is 14.8. The molecular weight excluding hydrogens is 350 g/mol. The topological polar surface area (TPSA) is 0 Å². The van der Waals surface area contributed by atoms with Crippen molar-refractivity contribution in [1.29, 1.82) is 0 Å². The number of hydrogen-bond donors (Lipinski definition) is 0. The van der Waals surface area contributed by atoms with Gasteiger partial charge in [-0.2, -0.15) is 0 Å². The molecule has 0 atom stereocenters. The minimum atomic E-state index is 0.758. The number of allylic oxidation sites excluding steroid dienone is 1. The van der Waals surface area contributed by atoms with Gasteiger partial charge in [-0.15, -0.1) is 0 Å². The van der Waals surface area contributed by atoms with Crippen LogP contribution < -0.4 is 0 Å². The van der Waals surface area contributed by atoms with Gasteiger partial charge in [-0.25, -0.2) is 0 Å². The van der Waals surface area contributed by atoms with E-state index in [-0.39, 0.29) is 0 Å². The van der Waals surface area contributed by atoms with Crippen molar-refractivity contribution < 1.29 is 0 Å². The molecule has 2 aromatic rings.